The third-order valence-electron chi connectivity index (χ3n) is 4.06. The predicted octanol–water partition coefficient (Wildman–Crippen LogP) is 3.51. The van der Waals surface area contributed by atoms with Crippen molar-refractivity contribution >= 4 is 29.3 Å². The van der Waals surface area contributed by atoms with Gasteiger partial charge in [-0.3, -0.25) is 4.79 Å². The fourth-order valence-electron chi connectivity index (χ4n) is 2.83. The summed E-state index contributed by atoms with van der Waals surface area (Å²) in [5.74, 6) is -0.289. The fourth-order valence-corrected chi connectivity index (χ4v) is 2.99. The number of ether oxygens (including phenoxy) is 2. The molecule has 0 fully saturated rings. The Kier molecular flexibility index (Phi) is 4.99. The summed E-state index contributed by atoms with van der Waals surface area (Å²) < 4.78 is 23.8. The highest BCUT2D eigenvalue weighted by Crippen LogP contribution is 2.40. The number of para-hydroxylation sites is 1. The number of methoxy groups -OCH3 is 1. The second-order valence-electron chi connectivity index (χ2n) is 5.73. The van der Waals surface area contributed by atoms with Crippen LogP contribution >= 0.6 is 11.6 Å². The van der Waals surface area contributed by atoms with Crippen molar-refractivity contribution in [2.24, 2.45) is 0 Å². The minimum absolute atomic E-state index is 0.149. The van der Waals surface area contributed by atoms with Gasteiger partial charge in [0.1, 0.15) is 17.6 Å². The lowest BCUT2D eigenvalue weighted by Gasteiger charge is -2.32. The van der Waals surface area contributed by atoms with Crippen LogP contribution in [0.5, 0.6) is 11.5 Å². The number of nitrogens with one attached hydrogen (secondary N) is 1. The van der Waals surface area contributed by atoms with E-state index in [0.717, 1.165) is 5.56 Å². The van der Waals surface area contributed by atoms with E-state index in [2.05, 4.69) is 10.1 Å². The van der Waals surface area contributed by atoms with Crippen LogP contribution in [0.4, 0.5) is 14.9 Å². The predicted molar refractivity (Wildman–Crippen MR) is 94.4 cm³/mol. The first-order valence-corrected chi connectivity index (χ1v) is 8.15. The summed E-state index contributed by atoms with van der Waals surface area (Å²) in [6.45, 7) is 0. The number of alkyl carbamates (subject to hydrolysis) is 1. The molecule has 0 spiro atoms. The number of nitrogens with zero attached hydrogens (tertiary/aromatic N) is 1. The molecule has 26 heavy (non-hydrogen) atoms. The van der Waals surface area contributed by atoms with Gasteiger partial charge < -0.3 is 19.7 Å². The number of rotatable bonds is 3. The summed E-state index contributed by atoms with van der Waals surface area (Å²) in [7, 11) is 2.81. The van der Waals surface area contributed by atoms with Crippen molar-refractivity contribution in [1.29, 1.82) is 0 Å². The zero-order valence-electron chi connectivity index (χ0n) is 14.1. The van der Waals surface area contributed by atoms with Crippen molar-refractivity contribution in [3.05, 3.63) is 52.8 Å². The Bertz CT molecular complexity index is 874. The van der Waals surface area contributed by atoms with E-state index in [9.17, 15) is 14.0 Å². The SMILES string of the molecule is COC(=O)N[C@@H]1Cc2cccc(Oc3cc(F)ccc3Cl)c2N(C)C1=O. The molecule has 0 aromatic heterocycles. The number of amides is 2. The van der Waals surface area contributed by atoms with E-state index in [-0.39, 0.29) is 23.1 Å². The zero-order chi connectivity index (χ0) is 18.8. The fraction of sp³-hybridized carbons (Fsp3) is 0.222. The van der Waals surface area contributed by atoms with E-state index in [1.165, 1.54) is 30.2 Å². The summed E-state index contributed by atoms with van der Waals surface area (Å²) in [6.07, 6.45) is -0.402. The highest BCUT2D eigenvalue weighted by Gasteiger charge is 2.34. The standard InChI is InChI=1S/C18H16ClFN2O4/c1-22-16-10(8-13(17(22)23)21-18(24)25-2)4-3-5-14(16)26-15-9-11(20)6-7-12(15)19/h3-7,9,13H,8H2,1-2H3,(H,21,24)/t13-/m1/s1. The Labute approximate surface area is 154 Å². The van der Waals surface area contributed by atoms with Gasteiger partial charge >= 0.3 is 6.09 Å². The van der Waals surface area contributed by atoms with E-state index in [0.29, 0.717) is 11.4 Å². The van der Waals surface area contributed by atoms with Crippen LogP contribution in [-0.4, -0.2) is 32.2 Å². The molecular weight excluding hydrogens is 363 g/mol. The van der Waals surface area contributed by atoms with E-state index < -0.39 is 18.0 Å². The lowest BCUT2D eigenvalue weighted by atomic mass is 9.97. The molecule has 0 bridgehead atoms. The molecule has 2 aromatic carbocycles. The van der Waals surface area contributed by atoms with Gasteiger partial charge in [-0.05, 0) is 23.8 Å². The average molecular weight is 379 g/mol. The minimum atomic E-state index is -0.743. The van der Waals surface area contributed by atoms with E-state index in [1.54, 1.807) is 19.2 Å². The second-order valence-corrected chi connectivity index (χ2v) is 6.14. The summed E-state index contributed by atoms with van der Waals surface area (Å²) in [6, 6.07) is 8.30. The van der Waals surface area contributed by atoms with Gasteiger partial charge in [-0.15, -0.1) is 0 Å². The number of halogens is 2. The molecule has 1 aliphatic heterocycles. The number of likely N-dealkylation sites (N-methyl/N-ethyl adjacent to an activating group) is 1. The second kappa shape index (κ2) is 7.21. The van der Waals surface area contributed by atoms with Crippen molar-refractivity contribution in [2.45, 2.75) is 12.5 Å². The molecule has 2 aromatic rings. The zero-order valence-corrected chi connectivity index (χ0v) is 14.8. The maximum atomic E-state index is 13.5. The van der Waals surface area contributed by atoms with Crippen LogP contribution < -0.4 is 15.0 Å². The first kappa shape index (κ1) is 18.0. The molecule has 3 rings (SSSR count). The molecule has 0 saturated carbocycles. The Morgan fingerprint density at radius 1 is 1.31 bits per heavy atom. The Balaban J connectivity index is 1.95. The van der Waals surface area contributed by atoms with Crippen molar-refractivity contribution in [1.82, 2.24) is 5.32 Å². The number of carbonyl (C=O) groups excluding carboxylic acids is 2. The Morgan fingerprint density at radius 3 is 2.81 bits per heavy atom. The number of benzene rings is 2. The Hall–Kier alpha value is -2.80. The first-order valence-electron chi connectivity index (χ1n) is 7.77. The first-order chi connectivity index (χ1) is 12.4. The molecule has 8 heteroatoms. The van der Waals surface area contributed by atoms with Crippen molar-refractivity contribution < 1.29 is 23.5 Å². The van der Waals surface area contributed by atoms with Crippen LogP contribution in [0.15, 0.2) is 36.4 Å². The van der Waals surface area contributed by atoms with Crippen LogP contribution in [0.1, 0.15) is 5.56 Å². The van der Waals surface area contributed by atoms with Gasteiger partial charge in [0, 0.05) is 19.5 Å². The van der Waals surface area contributed by atoms with Gasteiger partial charge in [0.2, 0.25) is 5.91 Å². The smallest absolute Gasteiger partial charge is 0.407 e. The largest absolute Gasteiger partial charge is 0.453 e. The van der Waals surface area contributed by atoms with Crippen molar-refractivity contribution in [2.75, 3.05) is 19.1 Å². The molecule has 0 unspecified atom stereocenters. The van der Waals surface area contributed by atoms with Crippen LogP contribution in [0.3, 0.4) is 0 Å². The summed E-state index contributed by atoms with van der Waals surface area (Å²) >= 11 is 6.06. The molecule has 0 saturated heterocycles. The van der Waals surface area contributed by atoms with E-state index in [1.807, 2.05) is 6.07 Å². The van der Waals surface area contributed by atoms with Crippen molar-refractivity contribution in [3.63, 3.8) is 0 Å². The van der Waals surface area contributed by atoms with Gasteiger partial charge in [-0.25, -0.2) is 9.18 Å². The van der Waals surface area contributed by atoms with Crippen molar-refractivity contribution in [3.8, 4) is 11.5 Å². The number of anilines is 1. The number of hydrogen-bond donors (Lipinski definition) is 1. The summed E-state index contributed by atoms with van der Waals surface area (Å²) in [5, 5.41) is 2.76. The number of hydrogen-bond acceptors (Lipinski definition) is 4. The third kappa shape index (κ3) is 3.43. The molecule has 2 amide bonds. The molecule has 1 atom stereocenters. The molecular formula is C18H16ClFN2O4. The molecule has 0 aliphatic carbocycles. The Morgan fingerprint density at radius 2 is 2.08 bits per heavy atom. The van der Waals surface area contributed by atoms with E-state index in [4.69, 9.17) is 16.3 Å². The minimum Gasteiger partial charge on any atom is -0.453 e. The quantitative estimate of drug-likeness (QED) is 0.887. The lowest BCUT2D eigenvalue weighted by Crippen LogP contribution is -2.51. The number of carbonyl (C=O) groups is 2. The van der Waals surface area contributed by atoms with Crippen LogP contribution in [0, 0.1) is 5.82 Å². The van der Waals surface area contributed by atoms with Gasteiger partial charge in [0.15, 0.2) is 5.75 Å². The average Bonchev–Trinajstić information content (AvgIpc) is 2.62. The normalized spacial score (nSPS) is 16.1. The highest BCUT2D eigenvalue weighted by molar-refractivity contribution is 6.32. The monoisotopic (exact) mass is 378 g/mol. The molecule has 136 valence electrons. The topological polar surface area (TPSA) is 67.9 Å². The molecule has 1 heterocycles. The molecule has 6 nitrogen and oxygen atoms in total. The lowest BCUT2D eigenvalue weighted by molar-refractivity contribution is -0.120. The molecule has 1 aliphatic rings. The van der Waals surface area contributed by atoms with Gasteiger partial charge in [-0.1, -0.05) is 23.7 Å². The maximum absolute atomic E-state index is 13.5. The van der Waals surface area contributed by atoms with Crippen LogP contribution in [0.2, 0.25) is 5.02 Å². The van der Waals surface area contributed by atoms with Gasteiger partial charge in [-0.2, -0.15) is 0 Å². The van der Waals surface area contributed by atoms with Gasteiger partial charge in [0.05, 0.1) is 17.8 Å². The number of fused-ring (bicyclic) bond motifs is 1. The highest BCUT2D eigenvalue weighted by atomic mass is 35.5. The summed E-state index contributed by atoms with van der Waals surface area (Å²) in [4.78, 5) is 25.4. The van der Waals surface area contributed by atoms with E-state index >= 15 is 0 Å². The van der Waals surface area contributed by atoms with Crippen LogP contribution in [-0.2, 0) is 16.0 Å². The van der Waals surface area contributed by atoms with Gasteiger partial charge in [0.25, 0.3) is 0 Å². The maximum Gasteiger partial charge on any atom is 0.407 e. The molecule has 0 radical (unpaired) electrons. The summed E-state index contributed by atoms with van der Waals surface area (Å²) in [5.41, 5.74) is 1.33. The van der Waals surface area contributed by atoms with Crippen LogP contribution in [0.25, 0.3) is 0 Å². The third-order valence-corrected chi connectivity index (χ3v) is 4.37. The molecule has 1 N–H and O–H groups in total.